The molecule has 5 nitrogen and oxygen atoms in total. The average Bonchev–Trinajstić information content (AvgIpc) is 2.70. The Morgan fingerprint density at radius 1 is 0.893 bits per heavy atom. The Hall–Kier alpha value is -1.24. The summed E-state index contributed by atoms with van der Waals surface area (Å²) in [4.78, 5) is 12.0. The zero-order valence-corrected chi connectivity index (χ0v) is 18.7. The molecule has 0 unspecified atom stereocenters. The summed E-state index contributed by atoms with van der Waals surface area (Å²) in [6.45, 7) is 0.0704. The molecule has 152 valence electrons. The smallest absolute Gasteiger partial charge is 0.257 e. The highest BCUT2D eigenvalue weighted by Crippen LogP contribution is 2.48. The van der Waals surface area contributed by atoms with Gasteiger partial charge in [0, 0.05) is 6.54 Å². The van der Waals surface area contributed by atoms with E-state index in [1.807, 2.05) is 12.1 Å². The lowest BCUT2D eigenvalue weighted by Gasteiger charge is -2.14. The van der Waals surface area contributed by atoms with E-state index in [1.165, 1.54) is 0 Å². The minimum Gasteiger partial charge on any atom is -0.493 e. The van der Waals surface area contributed by atoms with Gasteiger partial charge < -0.3 is 19.5 Å². The van der Waals surface area contributed by atoms with Crippen LogP contribution in [0.15, 0.2) is 18.2 Å². The van der Waals surface area contributed by atoms with Crippen molar-refractivity contribution in [3.63, 3.8) is 0 Å². The zero-order valence-electron chi connectivity index (χ0n) is 14.9. The van der Waals surface area contributed by atoms with Crippen LogP contribution in [-0.2, 0) is 11.2 Å². The topological polar surface area (TPSA) is 56.8 Å². The van der Waals surface area contributed by atoms with Crippen LogP contribution in [0.25, 0.3) is 0 Å². The van der Waals surface area contributed by atoms with Gasteiger partial charge >= 0.3 is 0 Å². The van der Waals surface area contributed by atoms with Gasteiger partial charge in [-0.2, -0.15) is 0 Å². The molecule has 2 aromatic carbocycles. The maximum Gasteiger partial charge on any atom is 0.257 e. The normalized spacial score (nSPS) is 10.5. The number of methoxy groups -OCH3 is 2. The van der Waals surface area contributed by atoms with Crippen molar-refractivity contribution in [1.29, 1.82) is 0 Å². The summed E-state index contributed by atoms with van der Waals surface area (Å²) in [6.07, 6.45) is 0.589. The number of benzene rings is 2. The van der Waals surface area contributed by atoms with Crippen LogP contribution in [0, 0.1) is 0 Å². The van der Waals surface area contributed by atoms with E-state index in [2.05, 4.69) is 5.32 Å². The van der Waals surface area contributed by atoms with Crippen molar-refractivity contribution >= 4 is 63.9 Å². The van der Waals surface area contributed by atoms with E-state index in [9.17, 15) is 4.79 Å². The Balaban J connectivity index is 1.91. The first-order valence-electron chi connectivity index (χ1n) is 7.92. The number of rotatable bonds is 8. The van der Waals surface area contributed by atoms with Gasteiger partial charge in [0.25, 0.3) is 5.91 Å². The van der Waals surface area contributed by atoms with Crippen LogP contribution in [0.5, 0.6) is 17.2 Å². The fourth-order valence-corrected chi connectivity index (χ4v) is 3.51. The molecule has 1 amide bonds. The van der Waals surface area contributed by atoms with Gasteiger partial charge in [0.05, 0.1) is 29.3 Å². The number of nitrogens with one attached hydrogen (secondary N) is 1. The minimum absolute atomic E-state index is 0.00148. The first-order chi connectivity index (χ1) is 13.3. The molecular formula is C18H16Cl5NO4. The number of ether oxygens (including phenoxy) is 3. The van der Waals surface area contributed by atoms with Gasteiger partial charge in [0.2, 0.25) is 0 Å². The number of hydrogen-bond acceptors (Lipinski definition) is 4. The first-order valence-corrected chi connectivity index (χ1v) is 9.81. The van der Waals surface area contributed by atoms with Crippen molar-refractivity contribution in [3.05, 3.63) is 48.9 Å². The minimum atomic E-state index is -0.366. The van der Waals surface area contributed by atoms with Gasteiger partial charge in [0.1, 0.15) is 10.0 Å². The molecule has 0 aromatic heterocycles. The molecule has 0 saturated carbocycles. The molecule has 0 aliphatic carbocycles. The van der Waals surface area contributed by atoms with Crippen molar-refractivity contribution in [2.45, 2.75) is 6.42 Å². The van der Waals surface area contributed by atoms with E-state index >= 15 is 0 Å². The quantitative estimate of drug-likeness (QED) is 0.383. The van der Waals surface area contributed by atoms with E-state index in [1.54, 1.807) is 20.3 Å². The second-order valence-corrected chi connectivity index (χ2v) is 7.37. The maximum absolute atomic E-state index is 12.0. The Bertz CT molecular complexity index is 847. The van der Waals surface area contributed by atoms with Crippen LogP contribution in [-0.4, -0.2) is 33.3 Å². The van der Waals surface area contributed by atoms with Crippen molar-refractivity contribution in [1.82, 2.24) is 5.32 Å². The lowest BCUT2D eigenvalue weighted by atomic mass is 10.1. The molecule has 1 N–H and O–H groups in total. The Morgan fingerprint density at radius 2 is 1.46 bits per heavy atom. The van der Waals surface area contributed by atoms with Crippen LogP contribution < -0.4 is 19.5 Å². The summed E-state index contributed by atoms with van der Waals surface area (Å²) in [5, 5.41) is 2.73. The third kappa shape index (κ3) is 5.43. The van der Waals surface area contributed by atoms with Gasteiger partial charge in [-0.15, -0.1) is 0 Å². The van der Waals surface area contributed by atoms with Crippen molar-refractivity contribution in [2.75, 3.05) is 27.4 Å². The van der Waals surface area contributed by atoms with E-state index in [-0.39, 0.29) is 43.4 Å². The molecule has 2 rings (SSSR count). The number of amides is 1. The van der Waals surface area contributed by atoms with Crippen molar-refractivity contribution in [2.24, 2.45) is 0 Å². The monoisotopic (exact) mass is 485 g/mol. The van der Waals surface area contributed by atoms with E-state index in [4.69, 9.17) is 72.2 Å². The predicted molar refractivity (Wildman–Crippen MR) is 113 cm³/mol. The molecular weight excluding hydrogens is 471 g/mol. The SMILES string of the molecule is COc1ccc(CCNC(=O)COc2c(Cl)c(Cl)c(Cl)c(Cl)c2Cl)cc1OC. The van der Waals surface area contributed by atoms with Crippen LogP contribution in [0.4, 0.5) is 0 Å². The number of carbonyl (C=O) groups is 1. The van der Waals surface area contributed by atoms with Crippen LogP contribution in [0.3, 0.4) is 0 Å². The molecule has 0 heterocycles. The molecule has 0 aliphatic rings. The molecule has 0 radical (unpaired) electrons. The number of carbonyl (C=O) groups excluding carboxylic acids is 1. The van der Waals surface area contributed by atoms with E-state index < -0.39 is 0 Å². The number of halogens is 5. The summed E-state index contributed by atoms with van der Waals surface area (Å²) < 4.78 is 15.8. The standard InChI is InChI=1S/C18H16Cl5NO4/c1-26-10-4-3-9(7-11(10)27-2)5-6-24-12(25)8-28-18-16(22)14(20)13(19)15(21)17(18)23/h3-4,7H,5-6,8H2,1-2H3,(H,24,25). The van der Waals surface area contributed by atoms with Gasteiger partial charge in [0.15, 0.2) is 23.9 Å². The maximum atomic E-state index is 12.0. The molecule has 0 aliphatic heterocycles. The fraction of sp³-hybridized carbons (Fsp3) is 0.278. The first kappa shape index (κ1) is 23.0. The van der Waals surface area contributed by atoms with Crippen molar-refractivity contribution in [3.8, 4) is 17.2 Å². The molecule has 10 heteroatoms. The van der Waals surface area contributed by atoms with Gasteiger partial charge in [-0.05, 0) is 24.1 Å². The molecule has 28 heavy (non-hydrogen) atoms. The van der Waals surface area contributed by atoms with Gasteiger partial charge in [-0.3, -0.25) is 4.79 Å². The lowest BCUT2D eigenvalue weighted by Crippen LogP contribution is -2.30. The molecule has 0 bridgehead atoms. The highest BCUT2D eigenvalue weighted by Gasteiger charge is 2.21. The summed E-state index contributed by atoms with van der Waals surface area (Å²) in [6, 6.07) is 5.54. The lowest BCUT2D eigenvalue weighted by molar-refractivity contribution is -0.123. The fourth-order valence-electron chi connectivity index (χ4n) is 2.28. The Labute approximate surface area is 187 Å². The average molecular weight is 488 g/mol. The van der Waals surface area contributed by atoms with E-state index in [0.717, 1.165) is 5.56 Å². The van der Waals surface area contributed by atoms with Crippen molar-refractivity contribution < 1.29 is 19.0 Å². The van der Waals surface area contributed by atoms with Gasteiger partial charge in [-0.25, -0.2) is 0 Å². The predicted octanol–water partition coefficient (Wildman–Crippen LogP) is 5.71. The molecule has 2 aromatic rings. The summed E-state index contributed by atoms with van der Waals surface area (Å²) in [5.74, 6) is 0.890. The molecule has 0 saturated heterocycles. The van der Waals surface area contributed by atoms with Crippen LogP contribution in [0.2, 0.25) is 25.1 Å². The van der Waals surface area contributed by atoms with Crippen LogP contribution in [0.1, 0.15) is 5.56 Å². The third-order valence-electron chi connectivity index (χ3n) is 3.70. The van der Waals surface area contributed by atoms with Crippen LogP contribution >= 0.6 is 58.0 Å². The van der Waals surface area contributed by atoms with E-state index in [0.29, 0.717) is 24.5 Å². The summed E-state index contributed by atoms with van der Waals surface area (Å²) >= 11 is 30.0. The largest absolute Gasteiger partial charge is 0.493 e. The third-order valence-corrected chi connectivity index (χ3v) is 5.94. The zero-order chi connectivity index (χ0) is 20.8. The Morgan fingerprint density at radius 3 is 2.04 bits per heavy atom. The highest BCUT2D eigenvalue weighted by atomic mass is 35.5. The molecule has 0 spiro atoms. The molecule has 0 atom stereocenters. The van der Waals surface area contributed by atoms with Gasteiger partial charge in [-0.1, -0.05) is 64.1 Å². The Kier molecular flexibility index (Phi) is 8.65. The summed E-state index contributed by atoms with van der Waals surface area (Å²) in [7, 11) is 3.13. The highest BCUT2D eigenvalue weighted by molar-refractivity contribution is 6.55. The second-order valence-electron chi connectivity index (χ2n) is 5.48. The summed E-state index contributed by atoms with van der Waals surface area (Å²) in [5.41, 5.74) is 0.973. The number of hydrogen-bond donors (Lipinski definition) is 1. The second kappa shape index (κ2) is 10.5. The molecule has 0 fully saturated rings.